The molecule has 0 aliphatic carbocycles. The molecule has 0 unspecified atom stereocenters. The van der Waals surface area contributed by atoms with Gasteiger partial charge in [0.25, 0.3) is 0 Å². The summed E-state index contributed by atoms with van der Waals surface area (Å²) < 4.78 is 110. The Morgan fingerprint density at radius 2 is 1.57 bits per heavy atom. The topological polar surface area (TPSA) is 74.4 Å². The highest BCUT2D eigenvalue weighted by atomic mass is 32.2. The monoisotopic (exact) mass is 549 g/mol. The van der Waals surface area contributed by atoms with Gasteiger partial charge in [-0.3, -0.25) is 9.62 Å². The van der Waals surface area contributed by atoms with Crippen molar-refractivity contribution in [2.24, 2.45) is 0 Å². The maximum atomic E-state index is 12.9. The van der Waals surface area contributed by atoms with E-state index >= 15 is 0 Å². The largest absolute Gasteiger partial charge is 0.416 e. The number of nitrogens with zero attached hydrogens (tertiary/aromatic N) is 1. The van der Waals surface area contributed by atoms with Crippen molar-refractivity contribution in [2.45, 2.75) is 43.7 Å². The van der Waals surface area contributed by atoms with Crippen LogP contribution in [-0.4, -0.2) is 49.4 Å². The number of alkyl halides is 6. The van der Waals surface area contributed by atoms with Crippen LogP contribution in [0.4, 0.5) is 32.0 Å². The second-order valence-corrected chi connectivity index (χ2v) is 11.0. The fourth-order valence-electron chi connectivity index (χ4n) is 4.29. The molecular weight excluding hydrogens is 524 g/mol. The summed E-state index contributed by atoms with van der Waals surface area (Å²) in [5.41, 5.74) is 1.54. The van der Waals surface area contributed by atoms with Gasteiger partial charge in [-0.25, -0.2) is 8.42 Å². The van der Waals surface area contributed by atoms with Crippen molar-refractivity contribution < 1.29 is 39.5 Å². The third-order valence-electron chi connectivity index (χ3n) is 6.19. The van der Waals surface area contributed by atoms with Gasteiger partial charge in [-0.1, -0.05) is 18.2 Å². The van der Waals surface area contributed by atoms with Gasteiger partial charge in [-0.15, -0.1) is 0 Å². The smallest absolute Gasteiger partial charge is 0.372 e. The number of fused-ring (bicyclic) bond motifs is 1. The van der Waals surface area contributed by atoms with Gasteiger partial charge in [-0.2, -0.15) is 26.3 Å². The van der Waals surface area contributed by atoms with E-state index in [9.17, 15) is 34.8 Å². The number of anilines is 1. The van der Waals surface area contributed by atoms with Crippen LogP contribution in [0, 0.1) is 0 Å². The molecule has 202 valence electrons. The molecule has 1 aliphatic heterocycles. The third kappa shape index (κ3) is 7.17. The van der Waals surface area contributed by atoms with Gasteiger partial charge < -0.3 is 9.72 Å². The number of hydrogen-bond donors (Lipinski definition) is 2. The van der Waals surface area contributed by atoms with Crippen molar-refractivity contribution in [2.75, 3.05) is 24.4 Å². The molecular formula is C24H25F6N3O3S. The molecule has 4 rings (SSSR count). The van der Waals surface area contributed by atoms with Gasteiger partial charge in [0.15, 0.2) is 0 Å². The highest BCUT2D eigenvalue weighted by Gasteiger charge is 2.36. The molecule has 1 fully saturated rings. The number of nitrogens with one attached hydrogen (secondary N) is 2. The first kappa shape index (κ1) is 27.3. The standard InChI is InChI=1S/C24H25F6N3O3S/c25-23(26,27)15-33-9-7-19(8-10-33)37(34,35)32-22-12-31-21-6-3-17(11-20(21)22)14-36-13-16-1-4-18(5-2-16)24(28,29)30/h1-6,11-12,19,31-32H,7-10,13-15H2. The van der Waals surface area contributed by atoms with Gasteiger partial charge >= 0.3 is 12.4 Å². The lowest BCUT2D eigenvalue weighted by Gasteiger charge is -2.32. The second-order valence-electron chi connectivity index (χ2n) is 9.01. The molecule has 2 N–H and O–H groups in total. The van der Waals surface area contributed by atoms with Crippen LogP contribution in [0.3, 0.4) is 0 Å². The Kier molecular flexibility index (Phi) is 7.77. The molecule has 0 bridgehead atoms. The predicted molar refractivity (Wildman–Crippen MR) is 126 cm³/mol. The number of H-pyrrole nitrogens is 1. The second kappa shape index (κ2) is 10.5. The Hall–Kier alpha value is -2.77. The van der Waals surface area contributed by atoms with Gasteiger partial charge in [0.05, 0.1) is 36.3 Å². The summed E-state index contributed by atoms with van der Waals surface area (Å²) in [5.74, 6) is 0. The molecule has 1 aromatic heterocycles. The average molecular weight is 550 g/mol. The van der Waals surface area contributed by atoms with Crippen LogP contribution in [-0.2, 0) is 34.2 Å². The van der Waals surface area contributed by atoms with E-state index in [0.29, 0.717) is 22.2 Å². The number of benzene rings is 2. The molecule has 37 heavy (non-hydrogen) atoms. The van der Waals surface area contributed by atoms with E-state index in [4.69, 9.17) is 4.74 Å². The van der Waals surface area contributed by atoms with Crippen LogP contribution >= 0.6 is 0 Å². The van der Waals surface area contributed by atoms with Crippen LogP contribution in [0.1, 0.15) is 29.5 Å². The molecule has 0 radical (unpaired) electrons. The molecule has 0 amide bonds. The molecule has 13 heteroatoms. The first-order valence-electron chi connectivity index (χ1n) is 11.4. The lowest BCUT2D eigenvalue weighted by molar-refractivity contribution is -0.147. The first-order chi connectivity index (χ1) is 17.3. The zero-order valence-electron chi connectivity index (χ0n) is 19.5. The molecule has 1 saturated heterocycles. The number of piperidine rings is 1. The summed E-state index contributed by atoms with van der Waals surface area (Å²) >= 11 is 0. The van der Waals surface area contributed by atoms with Crippen LogP contribution < -0.4 is 4.72 Å². The summed E-state index contributed by atoms with van der Waals surface area (Å²) in [7, 11) is -3.83. The lowest BCUT2D eigenvalue weighted by Crippen LogP contribution is -2.44. The molecule has 0 atom stereocenters. The number of sulfonamides is 1. The minimum absolute atomic E-state index is 0.0411. The molecule has 0 spiro atoms. The predicted octanol–water partition coefficient (Wildman–Crippen LogP) is 5.67. The van der Waals surface area contributed by atoms with E-state index < -0.39 is 39.7 Å². The quantitative estimate of drug-likeness (QED) is 0.355. The molecule has 0 saturated carbocycles. The Labute approximate surface area is 209 Å². The van der Waals surface area contributed by atoms with Crippen LogP contribution in [0.5, 0.6) is 0 Å². The SMILES string of the molecule is O=S(=O)(Nc1c[nH]c2ccc(COCc3ccc(C(F)(F)F)cc3)cc12)C1CCN(CC(F)(F)F)CC1. The van der Waals surface area contributed by atoms with Crippen LogP contribution in [0.15, 0.2) is 48.7 Å². The molecule has 1 aliphatic rings. The molecule has 3 aromatic rings. The molecule has 6 nitrogen and oxygen atoms in total. The number of aromatic amines is 1. The zero-order chi connectivity index (χ0) is 26.8. The molecule has 2 aromatic carbocycles. The van der Waals surface area contributed by atoms with Crippen molar-refractivity contribution in [3.05, 3.63) is 65.4 Å². The maximum absolute atomic E-state index is 12.9. The normalized spacial score (nSPS) is 16.4. The number of hydrogen-bond acceptors (Lipinski definition) is 4. The summed E-state index contributed by atoms with van der Waals surface area (Å²) in [4.78, 5) is 4.18. The van der Waals surface area contributed by atoms with Crippen LogP contribution in [0.2, 0.25) is 0 Å². The van der Waals surface area contributed by atoms with Gasteiger partial charge in [0, 0.05) is 17.1 Å². The minimum atomic E-state index is -4.41. The van der Waals surface area contributed by atoms with E-state index in [2.05, 4.69) is 9.71 Å². The fourth-order valence-corrected chi connectivity index (χ4v) is 5.76. The van der Waals surface area contributed by atoms with Crippen LogP contribution in [0.25, 0.3) is 10.9 Å². The maximum Gasteiger partial charge on any atom is 0.416 e. The zero-order valence-corrected chi connectivity index (χ0v) is 20.3. The summed E-state index contributed by atoms with van der Waals surface area (Å²) in [6.07, 6.45) is -7.04. The molecule has 2 heterocycles. The Bertz CT molecular complexity index is 1310. The van der Waals surface area contributed by atoms with E-state index in [-0.39, 0.29) is 39.1 Å². The lowest BCUT2D eigenvalue weighted by atomic mass is 10.1. The Morgan fingerprint density at radius 3 is 2.19 bits per heavy atom. The van der Waals surface area contributed by atoms with E-state index in [0.717, 1.165) is 17.7 Å². The highest BCUT2D eigenvalue weighted by Crippen LogP contribution is 2.30. The van der Waals surface area contributed by atoms with Gasteiger partial charge in [0.2, 0.25) is 10.0 Å². The van der Waals surface area contributed by atoms with Crippen molar-refractivity contribution in [1.29, 1.82) is 0 Å². The third-order valence-corrected chi connectivity index (χ3v) is 8.05. The van der Waals surface area contributed by atoms with Crippen molar-refractivity contribution in [3.63, 3.8) is 0 Å². The van der Waals surface area contributed by atoms with Crippen molar-refractivity contribution >= 4 is 26.6 Å². The Balaban J connectivity index is 1.36. The fraction of sp³-hybridized carbons (Fsp3) is 0.417. The summed E-state index contributed by atoms with van der Waals surface area (Å²) in [6.45, 7) is -0.736. The van der Waals surface area contributed by atoms with Crippen molar-refractivity contribution in [3.8, 4) is 0 Å². The number of ether oxygens (including phenoxy) is 1. The number of rotatable bonds is 8. The number of likely N-dealkylation sites (tertiary alicyclic amines) is 1. The van der Waals surface area contributed by atoms with Gasteiger partial charge in [-0.05, 0) is 61.3 Å². The average Bonchev–Trinajstić information content (AvgIpc) is 3.19. The van der Waals surface area contributed by atoms with E-state index in [1.807, 2.05) is 0 Å². The summed E-state index contributed by atoms with van der Waals surface area (Å²) in [6, 6.07) is 9.94. The van der Waals surface area contributed by atoms with E-state index in [1.165, 1.54) is 23.2 Å². The van der Waals surface area contributed by atoms with Gasteiger partial charge in [0.1, 0.15) is 0 Å². The van der Waals surface area contributed by atoms with Crippen molar-refractivity contribution in [1.82, 2.24) is 9.88 Å². The first-order valence-corrected chi connectivity index (χ1v) is 13.0. The number of halogens is 6. The highest BCUT2D eigenvalue weighted by molar-refractivity contribution is 7.93. The summed E-state index contributed by atoms with van der Waals surface area (Å²) in [5, 5.41) is -0.217. The Morgan fingerprint density at radius 1 is 0.946 bits per heavy atom. The minimum Gasteiger partial charge on any atom is -0.372 e. The van der Waals surface area contributed by atoms with E-state index in [1.54, 1.807) is 18.2 Å². The number of aromatic nitrogens is 1.